The van der Waals surface area contributed by atoms with Crippen LogP contribution in [-0.4, -0.2) is 53.0 Å². The van der Waals surface area contributed by atoms with Crippen LogP contribution in [0.4, 0.5) is 0 Å². The van der Waals surface area contributed by atoms with Crippen molar-refractivity contribution in [3.63, 3.8) is 0 Å². The zero-order valence-electron chi connectivity index (χ0n) is 14.7. The van der Waals surface area contributed by atoms with E-state index < -0.39 is 0 Å². The highest BCUT2D eigenvalue weighted by Gasteiger charge is 2.38. The van der Waals surface area contributed by atoms with Gasteiger partial charge in [-0.05, 0) is 12.8 Å². The molecule has 0 aromatic carbocycles. The van der Waals surface area contributed by atoms with E-state index in [-0.39, 0.29) is 23.4 Å². The summed E-state index contributed by atoms with van der Waals surface area (Å²) in [4.78, 5) is 26.6. The summed E-state index contributed by atoms with van der Waals surface area (Å²) in [6.07, 6.45) is 5.33. The Bertz CT molecular complexity index is 696. The van der Waals surface area contributed by atoms with Crippen LogP contribution in [0.3, 0.4) is 0 Å². The molecule has 7 nitrogen and oxygen atoms in total. The molecule has 2 aliphatic rings. The van der Waals surface area contributed by atoms with Gasteiger partial charge in [0.2, 0.25) is 0 Å². The zero-order chi connectivity index (χ0) is 17.3. The Morgan fingerprint density at radius 1 is 1.29 bits per heavy atom. The largest absolute Gasteiger partial charge is 0.381 e. The SMILES string of the molecule is CO[C@@H]1CCC[C@@H]1[C@@H]1COCCN1Cc1cn(C)c(=O)n(C)c1=O. The van der Waals surface area contributed by atoms with E-state index in [0.717, 1.165) is 19.4 Å². The van der Waals surface area contributed by atoms with E-state index >= 15 is 0 Å². The minimum Gasteiger partial charge on any atom is -0.381 e. The van der Waals surface area contributed by atoms with Crippen molar-refractivity contribution in [3.8, 4) is 0 Å². The summed E-state index contributed by atoms with van der Waals surface area (Å²) >= 11 is 0. The first-order valence-electron chi connectivity index (χ1n) is 8.63. The fraction of sp³-hybridized carbons (Fsp3) is 0.765. The Morgan fingerprint density at radius 2 is 2.08 bits per heavy atom. The van der Waals surface area contributed by atoms with E-state index in [2.05, 4.69) is 4.90 Å². The first-order valence-corrected chi connectivity index (χ1v) is 8.63. The zero-order valence-corrected chi connectivity index (χ0v) is 14.7. The lowest BCUT2D eigenvalue weighted by molar-refractivity contribution is -0.0610. The Labute approximate surface area is 141 Å². The molecule has 134 valence electrons. The predicted octanol–water partition coefficient (Wildman–Crippen LogP) is 0.0999. The second-order valence-electron chi connectivity index (χ2n) is 6.89. The predicted molar refractivity (Wildman–Crippen MR) is 90.1 cm³/mol. The molecular weight excluding hydrogens is 310 g/mol. The van der Waals surface area contributed by atoms with E-state index in [1.54, 1.807) is 20.4 Å². The van der Waals surface area contributed by atoms with Gasteiger partial charge in [0.15, 0.2) is 0 Å². The van der Waals surface area contributed by atoms with E-state index in [1.807, 2.05) is 0 Å². The monoisotopic (exact) mass is 337 g/mol. The Balaban J connectivity index is 1.85. The second kappa shape index (κ2) is 7.21. The van der Waals surface area contributed by atoms with E-state index in [0.29, 0.717) is 31.2 Å². The quantitative estimate of drug-likeness (QED) is 0.780. The van der Waals surface area contributed by atoms with Gasteiger partial charge in [-0.1, -0.05) is 6.42 Å². The molecule has 1 aliphatic carbocycles. The highest BCUT2D eigenvalue weighted by atomic mass is 16.5. The smallest absolute Gasteiger partial charge is 0.330 e. The van der Waals surface area contributed by atoms with Gasteiger partial charge < -0.3 is 14.0 Å². The maximum Gasteiger partial charge on any atom is 0.330 e. The van der Waals surface area contributed by atoms with Gasteiger partial charge in [-0.3, -0.25) is 14.3 Å². The molecule has 7 heteroatoms. The van der Waals surface area contributed by atoms with Gasteiger partial charge in [-0.2, -0.15) is 0 Å². The first-order chi connectivity index (χ1) is 11.5. The number of aromatic nitrogens is 2. The number of aryl methyl sites for hydroxylation is 1. The summed E-state index contributed by atoms with van der Waals surface area (Å²) in [7, 11) is 4.99. The third-order valence-electron chi connectivity index (χ3n) is 5.47. The third-order valence-corrected chi connectivity index (χ3v) is 5.47. The maximum absolute atomic E-state index is 12.4. The summed E-state index contributed by atoms with van der Waals surface area (Å²) in [5.41, 5.74) is 0.147. The molecule has 2 heterocycles. The van der Waals surface area contributed by atoms with Crippen molar-refractivity contribution in [2.45, 2.75) is 38.0 Å². The molecule has 0 radical (unpaired) electrons. The molecule has 0 bridgehead atoms. The summed E-state index contributed by atoms with van der Waals surface area (Å²) in [5, 5.41) is 0. The Hall–Kier alpha value is -1.44. The molecule has 3 atom stereocenters. The average molecular weight is 337 g/mol. The van der Waals surface area contributed by atoms with Crippen molar-refractivity contribution in [3.05, 3.63) is 32.6 Å². The van der Waals surface area contributed by atoms with E-state index in [1.165, 1.54) is 22.6 Å². The molecule has 0 unspecified atom stereocenters. The van der Waals surface area contributed by atoms with Crippen LogP contribution in [-0.2, 0) is 30.1 Å². The van der Waals surface area contributed by atoms with Crippen LogP contribution < -0.4 is 11.2 Å². The van der Waals surface area contributed by atoms with Crippen molar-refractivity contribution in [2.75, 3.05) is 26.9 Å². The fourth-order valence-corrected chi connectivity index (χ4v) is 4.15. The fourth-order valence-electron chi connectivity index (χ4n) is 4.15. The maximum atomic E-state index is 12.4. The molecule has 1 aromatic heterocycles. The molecule has 0 spiro atoms. The van der Waals surface area contributed by atoms with Gasteiger partial charge in [0.25, 0.3) is 5.56 Å². The summed E-state index contributed by atoms with van der Waals surface area (Å²) in [6, 6.07) is 0.258. The van der Waals surface area contributed by atoms with Gasteiger partial charge in [-0.25, -0.2) is 4.79 Å². The minimum absolute atomic E-state index is 0.210. The number of hydrogen-bond donors (Lipinski definition) is 0. The molecule has 0 N–H and O–H groups in total. The van der Waals surface area contributed by atoms with Crippen molar-refractivity contribution in [2.24, 2.45) is 20.0 Å². The average Bonchev–Trinajstić information content (AvgIpc) is 3.06. The normalized spacial score (nSPS) is 28.4. The summed E-state index contributed by atoms with van der Waals surface area (Å²) in [6.45, 7) is 2.69. The number of hydrogen-bond acceptors (Lipinski definition) is 5. The molecule has 1 aliphatic heterocycles. The molecule has 0 amide bonds. The van der Waals surface area contributed by atoms with Gasteiger partial charge in [0, 0.05) is 58.0 Å². The number of morpholine rings is 1. The van der Waals surface area contributed by atoms with Gasteiger partial charge in [0.1, 0.15) is 0 Å². The molecule has 1 saturated carbocycles. The lowest BCUT2D eigenvalue weighted by Gasteiger charge is -2.40. The van der Waals surface area contributed by atoms with E-state index in [4.69, 9.17) is 9.47 Å². The van der Waals surface area contributed by atoms with Crippen molar-refractivity contribution in [1.82, 2.24) is 14.0 Å². The Morgan fingerprint density at radius 3 is 2.83 bits per heavy atom. The number of rotatable bonds is 4. The molecule has 1 saturated heterocycles. The lowest BCUT2D eigenvalue weighted by atomic mass is 9.94. The number of ether oxygens (including phenoxy) is 2. The molecule has 3 rings (SSSR count). The highest BCUT2D eigenvalue weighted by Crippen LogP contribution is 2.34. The van der Waals surface area contributed by atoms with Crippen LogP contribution in [0.15, 0.2) is 15.8 Å². The second-order valence-corrected chi connectivity index (χ2v) is 6.89. The van der Waals surface area contributed by atoms with Crippen LogP contribution in [0.25, 0.3) is 0 Å². The van der Waals surface area contributed by atoms with Gasteiger partial charge in [-0.15, -0.1) is 0 Å². The van der Waals surface area contributed by atoms with Crippen LogP contribution >= 0.6 is 0 Å². The molecule has 2 fully saturated rings. The van der Waals surface area contributed by atoms with Crippen LogP contribution in [0, 0.1) is 5.92 Å². The topological polar surface area (TPSA) is 65.7 Å². The standard InChI is InChI=1S/C17H27N3O4/c1-18-9-12(16(21)19(2)17(18)22)10-20-7-8-24-11-14(20)13-5-4-6-15(13)23-3/h9,13-15H,4-8,10-11H2,1-3H3/t13-,14+,15-/m1/s1. The Kier molecular flexibility index (Phi) is 5.22. The van der Waals surface area contributed by atoms with Crippen molar-refractivity contribution in [1.29, 1.82) is 0 Å². The number of nitrogens with zero attached hydrogens (tertiary/aromatic N) is 3. The van der Waals surface area contributed by atoms with Crippen molar-refractivity contribution < 1.29 is 9.47 Å². The van der Waals surface area contributed by atoms with Crippen LogP contribution in [0.1, 0.15) is 24.8 Å². The molecular formula is C17H27N3O4. The van der Waals surface area contributed by atoms with Crippen LogP contribution in [0.5, 0.6) is 0 Å². The number of methoxy groups -OCH3 is 1. The lowest BCUT2D eigenvalue weighted by Crippen LogP contribution is -2.52. The minimum atomic E-state index is -0.294. The van der Waals surface area contributed by atoms with Crippen molar-refractivity contribution >= 4 is 0 Å². The first kappa shape index (κ1) is 17.4. The van der Waals surface area contributed by atoms with Crippen LogP contribution in [0.2, 0.25) is 0 Å². The third kappa shape index (κ3) is 3.20. The van der Waals surface area contributed by atoms with Gasteiger partial charge >= 0.3 is 5.69 Å². The summed E-state index contributed by atoms with van der Waals surface area (Å²) in [5.74, 6) is 0.437. The van der Waals surface area contributed by atoms with E-state index in [9.17, 15) is 9.59 Å². The highest BCUT2D eigenvalue weighted by molar-refractivity contribution is 5.06. The van der Waals surface area contributed by atoms with Gasteiger partial charge in [0.05, 0.1) is 19.3 Å². The molecule has 24 heavy (non-hydrogen) atoms. The molecule has 1 aromatic rings. The summed E-state index contributed by atoms with van der Waals surface area (Å²) < 4.78 is 14.0.